The number of hydrogen-bond acceptors (Lipinski definition) is 4. The molecule has 0 aromatic heterocycles. The number of ether oxygens (including phenoxy) is 1. The van der Waals surface area contributed by atoms with E-state index in [0.29, 0.717) is 5.56 Å². The molecule has 0 aliphatic rings. The molecule has 0 radical (unpaired) electrons. The van der Waals surface area contributed by atoms with Gasteiger partial charge in [-0.3, -0.25) is 0 Å². The molecule has 1 rings (SSSR count). The molecule has 17 heavy (non-hydrogen) atoms. The molecule has 0 heterocycles. The quantitative estimate of drug-likeness (QED) is 0.540. The van der Waals surface area contributed by atoms with Gasteiger partial charge < -0.3 is 21.5 Å². The lowest BCUT2D eigenvalue weighted by Gasteiger charge is -2.08. The zero-order chi connectivity index (χ0) is 12.8. The number of thiocarbonyl (C=S) groups is 1. The van der Waals surface area contributed by atoms with Gasteiger partial charge in [-0.2, -0.15) is 0 Å². The lowest BCUT2D eigenvalue weighted by molar-refractivity contribution is 0.161. The highest BCUT2D eigenvalue weighted by molar-refractivity contribution is 7.80. The molecular weight excluding hydrogens is 245 g/mol. The van der Waals surface area contributed by atoms with Crippen molar-refractivity contribution in [1.82, 2.24) is 0 Å². The van der Waals surface area contributed by atoms with Crippen LogP contribution < -0.4 is 16.8 Å². The van der Waals surface area contributed by atoms with E-state index in [1.807, 2.05) is 0 Å². The third-order valence-electron chi connectivity index (χ3n) is 1.92. The van der Waals surface area contributed by atoms with Gasteiger partial charge in [-0.05, 0) is 18.2 Å². The van der Waals surface area contributed by atoms with Crippen molar-refractivity contribution in [1.29, 1.82) is 0 Å². The van der Waals surface area contributed by atoms with Gasteiger partial charge in [0.15, 0.2) is 0 Å². The van der Waals surface area contributed by atoms with Crippen LogP contribution in [0.5, 0.6) is 0 Å². The summed E-state index contributed by atoms with van der Waals surface area (Å²) in [5, 5.41) is 2.74. The van der Waals surface area contributed by atoms with Crippen molar-refractivity contribution in [3.8, 4) is 0 Å². The zero-order valence-corrected chi connectivity index (χ0v) is 9.72. The predicted molar refractivity (Wildman–Crippen MR) is 66.3 cm³/mol. The van der Waals surface area contributed by atoms with Crippen LogP contribution in [0, 0.1) is 5.82 Å². The van der Waals surface area contributed by atoms with Crippen LogP contribution in [0.2, 0.25) is 0 Å². The third-order valence-corrected chi connectivity index (χ3v) is 2.15. The van der Waals surface area contributed by atoms with E-state index in [1.54, 1.807) is 6.07 Å². The molecule has 0 fully saturated rings. The van der Waals surface area contributed by atoms with Crippen molar-refractivity contribution in [2.45, 2.75) is 0 Å². The average Bonchev–Trinajstić information content (AvgIpc) is 2.25. The second-order valence-corrected chi connectivity index (χ2v) is 3.59. The fraction of sp³-hybridized carbons (Fsp3) is 0.200. The average molecular weight is 257 g/mol. The van der Waals surface area contributed by atoms with Gasteiger partial charge in [-0.1, -0.05) is 12.2 Å². The number of hydrogen-bond donors (Lipinski definition) is 3. The molecule has 7 heteroatoms. The maximum Gasteiger partial charge on any atom is 0.404 e. The maximum atomic E-state index is 13.5. The standard InChI is InChI=1S/C10H12FN3O2S/c11-7-5-6(9(12)17)1-2-8(7)14-3-4-16-10(13)15/h1-2,5,14H,3-4H2,(H2,12,17)(H2,13,15). The summed E-state index contributed by atoms with van der Waals surface area (Å²) in [6.07, 6.45) is -0.865. The molecule has 5 N–H and O–H groups in total. The molecule has 92 valence electrons. The first-order valence-corrected chi connectivity index (χ1v) is 5.17. The molecule has 1 aromatic carbocycles. The SMILES string of the molecule is NC(=O)OCCNc1ccc(C(N)=S)cc1F. The smallest absolute Gasteiger partial charge is 0.404 e. The van der Waals surface area contributed by atoms with Gasteiger partial charge in [0.25, 0.3) is 0 Å². The van der Waals surface area contributed by atoms with E-state index in [2.05, 4.69) is 10.1 Å². The predicted octanol–water partition coefficient (Wildman–Crippen LogP) is 0.967. The second kappa shape index (κ2) is 6.00. The fourth-order valence-corrected chi connectivity index (χ4v) is 1.28. The number of amides is 1. The van der Waals surface area contributed by atoms with Gasteiger partial charge in [-0.25, -0.2) is 9.18 Å². The minimum absolute atomic E-state index is 0.0613. The van der Waals surface area contributed by atoms with Crippen molar-refractivity contribution in [3.63, 3.8) is 0 Å². The summed E-state index contributed by atoms with van der Waals surface area (Å²) < 4.78 is 18.0. The number of benzene rings is 1. The maximum absolute atomic E-state index is 13.5. The molecular formula is C10H12FN3O2S. The van der Waals surface area contributed by atoms with Crippen LogP contribution in [0.4, 0.5) is 14.9 Å². The Balaban J connectivity index is 2.54. The van der Waals surface area contributed by atoms with Crippen LogP contribution in [-0.4, -0.2) is 24.2 Å². The number of nitrogens with two attached hydrogens (primary N) is 2. The summed E-state index contributed by atoms with van der Waals surface area (Å²) in [7, 11) is 0. The summed E-state index contributed by atoms with van der Waals surface area (Å²) >= 11 is 4.72. The Morgan fingerprint density at radius 1 is 1.47 bits per heavy atom. The normalized spacial score (nSPS) is 9.71. The lowest BCUT2D eigenvalue weighted by atomic mass is 10.2. The van der Waals surface area contributed by atoms with Crippen LogP contribution >= 0.6 is 12.2 Å². The van der Waals surface area contributed by atoms with Crippen LogP contribution in [-0.2, 0) is 4.74 Å². The topological polar surface area (TPSA) is 90.4 Å². The van der Waals surface area contributed by atoms with Crippen LogP contribution in [0.25, 0.3) is 0 Å². The number of carbonyl (C=O) groups excluding carboxylic acids is 1. The molecule has 0 aliphatic carbocycles. The van der Waals surface area contributed by atoms with Crippen molar-refractivity contribution < 1.29 is 13.9 Å². The Labute approximate surface area is 103 Å². The molecule has 0 saturated heterocycles. The highest BCUT2D eigenvalue weighted by atomic mass is 32.1. The largest absolute Gasteiger partial charge is 0.448 e. The summed E-state index contributed by atoms with van der Waals surface area (Å²) in [5.41, 5.74) is 10.9. The highest BCUT2D eigenvalue weighted by Crippen LogP contribution is 2.15. The number of anilines is 1. The first-order chi connectivity index (χ1) is 8.00. The third kappa shape index (κ3) is 4.23. The van der Waals surface area contributed by atoms with Gasteiger partial charge in [0.05, 0.1) is 5.69 Å². The van der Waals surface area contributed by atoms with Gasteiger partial charge in [0.2, 0.25) is 0 Å². The van der Waals surface area contributed by atoms with Crippen molar-refractivity contribution in [2.24, 2.45) is 11.5 Å². The number of primary amides is 1. The highest BCUT2D eigenvalue weighted by Gasteiger charge is 2.04. The molecule has 1 aromatic rings. The van der Waals surface area contributed by atoms with E-state index in [-0.39, 0.29) is 23.8 Å². The number of carbonyl (C=O) groups is 1. The number of rotatable bonds is 5. The number of nitrogens with one attached hydrogen (secondary N) is 1. The molecule has 0 spiro atoms. The molecule has 5 nitrogen and oxygen atoms in total. The minimum Gasteiger partial charge on any atom is -0.448 e. The molecule has 0 bridgehead atoms. The lowest BCUT2D eigenvalue weighted by Crippen LogP contribution is -2.18. The van der Waals surface area contributed by atoms with Gasteiger partial charge in [0, 0.05) is 12.1 Å². The first-order valence-electron chi connectivity index (χ1n) is 4.76. The van der Waals surface area contributed by atoms with Crippen LogP contribution in [0.1, 0.15) is 5.56 Å². The van der Waals surface area contributed by atoms with Crippen LogP contribution in [0.3, 0.4) is 0 Å². The Hall–Kier alpha value is -1.89. The molecule has 0 saturated carbocycles. The summed E-state index contributed by atoms with van der Waals surface area (Å²) in [4.78, 5) is 10.4. The molecule has 1 amide bonds. The Morgan fingerprint density at radius 2 is 2.18 bits per heavy atom. The second-order valence-electron chi connectivity index (χ2n) is 3.15. The van der Waals surface area contributed by atoms with Gasteiger partial charge in [0.1, 0.15) is 17.4 Å². The van der Waals surface area contributed by atoms with Gasteiger partial charge >= 0.3 is 6.09 Å². The molecule has 0 unspecified atom stereocenters. The van der Waals surface area contributed by atoms with Crippen molar-refractivity contribution >= 4 is 29.0 Å². The van der Waals surface area contributed by atoms with Crippen molar-refractivity contribution in [2.75, 3.05) is 18.5 Å². The summed E-state index contributed by atoms with van der Waals surface area (Å²) in [5.74, 6) is -0.477. The fourth-order valence-electron chi connectivity index (χ4n) is 1.15. The Kier molecular flexibility index (Phi) is 4.65. The first kappa shape index (κ1) is 13.2. The summed E-state index contributed by atoms with van der Waals surface area (Å²) in [6, 6.07) is 4.34. The number of halogens is 1. The van der Waals surface area contributed by atoms with Gasteiger partial charge in [-0.15, -0.1) is 0 Å². The summed E-state index contributed by atoms with van der Waals surface area (Å²) in [6.45, 7) is 0.318. The molecule has 0 atom stereocenters. The van der Waals surface area contributed by atoms with Crippen molar-refractivity contribution in [3.05, 3.63) is 29.6 Å². The van der Waals surface area contributed by atoms with E-state index < -0.39 is 11.9 Å². The van der Waals surface area contributed by atoms with E-state index in [1.165, 1.54) is 12.1 Å². The van der Waals surface area contributed by atoms with Crippen LogP contribution in [0.15, 0.2) is 18.2 Å². The minimum atomic E-state index is -0.865. The monoisotopic (exact) mass is 257 g/mol. The molecule has 0 aliphatic heterocycles. The Morgan fingerprint density at radius 3 is 2.71 bits per heavy atom. The zero-order valence-electron chi connectivity index (χ0n) is 8.90. The van der Waals surface area contributed by atoms with E-state index >= 15 is 0 Å². The van der Waals surface area contributed by atoms with E-state index in [0.717, 1.165) is 0 Å². The Bertz CT molecular complexity index is 440. The van der Waals surface area contributed by atoms with E-state index in [4.69, 9.17) is 23.7 Å². The van der Waals surface area contributed by atoms with E-state index in [9.17, 15) is 9.18 Å².